The van der Waals surface area contributed by atoms with Gasteiger partial charge in [0.15, 0.2) is 0 Å². The second-order valence-electron chi connectivity index (χ2n) is 4.46. The summed E-state index contributed by atoms with van der Waals surface area (Å²) < 4.78 is 0. The molecule has 4 nitrogen and oxygen atoms in total. The minimum absolute atomic E-state index is 0.0596. The van der Waals surface area contributed by atoms with Crippen molar-refractivity contribution in [2.24, 2.45) is 0 Å². The van der Waals surface area contributed by atoms with E-state index >= 15 is 0 Å². The lowest BCUT2D eigenvalue weighted by atomic mass is 10.2. The fourth-order valence-electron chi connectivity index (χ4n) is 2.22. The number of hydrogen-bond acceptors (Lipinski definition) is 2. The highest BCUT2D eigenvalue weighted by atomic mass is 16.1. The van der Waals surface area contributed by atoms with Gasteiger partial charge in [-0.05, 0) is 30.2 Å². The average molecular weight is 253 g/mol. The minimum Gasteiger partial charge on any atom is -0.384 e. The minimum atomic E-state index is -0.0596. The molecule has 0 aliphatic carbocycles. The van der Waals surface area contributed by atoms with Gasteiger partial charge in [0.05, 0.1) is 10.9 Å². The third-order valence-electron chi connectivity index (χ3n) is 3.21. The van der Waals surface area contributed by atoms with Gasteiger partial charge in [-0.1, -0.05) is 30.3 Å². The highest BCUT2D eigenvalue weighted by molar-refractivity contribution is 5.77. The van der Waals surface area contributed by atoms with E-state index in [1.165, 1.54) is 17.7 Å². The van der Waals surface area contributed by atoms with Crippen molar-refractivity contribution >= 4 is 16.6 Å². The van der Waals surface area contributed by atoms with E-state index in [2.05, 4.69) is 39.8 Å². The van der Waals surface area contributed by atoms with E-state index < -0.39 is 0 Å². The molecule has 0 radical (unpaired) electrons. The molecular weight excluding hydrogens is 238 g/mol. The topological polar surface area (TPSA) is 60.7 Å². The molecule has 4 rings (SSSR count). The van der Waals surface area contributed by atoms with Gasteiger partial charge >= 0.3 is 0 Å². The number of nitrogens with one attached hydrogen (secondary N) is 3. The summed E-state index contributed by atoms with van der Waals surface area (Å²) >= 11 is 0. The van der Waals surface area contributed by atoms with Crippen LogP contribution < -0.4 is 10.9 Å². The molecule has 1 aromatic heterocycles. The second kappa shape index (κ2) is 5.02. The Hall–Kier alpha value is -2.49. The monoisotopic (exact) mass is 253 g/mol. The molecule has 2 heterocycles. The fourth-order valence-corrected chi connectivity index (χ4v) is 2.22. The third kappa shape index (κ3) is 2.38. The van der Waals surface area contributed by atoms with E-state index in [1.807, 2.05) is 18.2 Å². The zero-order valence-corrected chi connectivity index (χ0v) is 10.4. The molecule has 3 aromatic rings. The number of anilines is 1. The van der Waals surface area contributed by atoms with Crippen LogP contribution in [0.15, 0.2) is 53.3 Å². The maximum Gasteiger partial charge on any atom is 0.271 e. The quantitative estimate of drug-likeness (QED) is 0.576. The SMILES string of the molecule is O=c1[nH][nH]c2ccccc12.c1ccc2c(c1)CCN2. The van der Waals surface area contributed by atoms with Crippen molar-refractivity contribution in [2.45, 2.75) is 6.42 Å². The number of fused-ring (bicyclic) bond motifs is 2. The van der Waals surface area contributed by atoms with Crippen LogP contribution in [0.3, 0.4) is 0 Å². The molecule has 0 spiro atoms. The molecule has 19 heavy (non-hydrogen) atoms. The number of aromatic amines is 2. The molecule has 0 bridgehead atoms. The molecule has 1 aliphatic heterocycles. The Morgan fingerprint density at radius 2 is 1.68 bits per heavy atom. The van der Waals surface area contributed by atoms with Crippen LogP contribution in [-0.2, 0) is 6.42 Å². The van der Waals surface area contributed by atoms with Crippen LogP contribution in [0.4, 0.5) is 5.69 Å². The largest absolute Gasteiger partial charge is 0.384 e. The van der Waals surface area contributed by atoms with Crippen LogP contribution in [0.5, 0.6) is 0 Å². The number of para-hydroxylation sites is 2. The highest BCUT2D eigenvalue weighted by Crippen LogP contribution is 2.19. The highest BCUT2D eigenvalue weighted by Gasteiger charge is 2.05. The van der Waals surface area contributed by atoms with Gasteiger partial charge in [-0.25, -0.2) is 0 Å². The van der Waals surface area contributed by atoms with E-state index in [9.17, 15) is 4.79 Å². The predicted molar refractivity (Wildman–Crippen MR) is 77.6 cm³/mol. The Morgan fingerprint density at radius 3 is 2.53 bits per heavy atom. The summed E-state index contributed by atoms with van der Waals surface area (Å²) in [4.78, 5) is 10.9. The molecule has 0 fully saturated rings. The molecule has 0 atom stereocenters. The van der Waals surface area contributed by atoms with Gasteiger partial charge in [-0.2, -0.15) is 0 Å². The average Bonchev–Trinajstić information content (AvgIpc) is 3.07. The normalized spacial score (nSPS) is 12.4. The number of hydrogen-bond donors (Lipinski definition) is 3. The van der Waals surface area contributed by atoms with Crippen LogP contribution >= 0.6 is 0 Å². The van der Waals surface area contributed by atoms with Crippen molar-refractivity contribution in [3.8, 4) is 0 Å². The lowest BCUT2D eigenvalue weighted by Gasteiger charge is -1.94. The summed E-state index contributed by atoms with van der Waals surface area (Å²) in [6, 6.07) is 15.8. The van der Waals surface area contributed by atoms with Crippen molar-refractivity contribution in [1.82, 2.24) is 10.2 Å². The first kappa shape index (κ1) is 11.6. The smallest absolute Gasteiger partial charge is 0.271 e. The summed E-state index contributed by atoms with van der Waals surface area (Å²) in [5, 5.41) is 9.26. The van der Waals surface area contributed by atoms with Crippen LogP contribution in [0.2, 0.25) is 0 Å². The van der Waals surface area contributed by atoms with Crippen LogP contribution in [0.25, 0.3) is 10.9 Å². The number of benzene rings is 2. The molecule has 0 amide bonds. The van der Waals surface area contributed by atoms with Crippen molar-refractivity contribution in [3.05, 3.63) is 64.4 Å². The Balaban J connectivity index is 0.000000117. The molecular formula is C15H15N3O. The number of aromatic nitrogens is 2. The number of rotatable bonds is 0. The van der Waals surface area contributed by atoms with Gasteiger partial charge in [0.1, 0.15) is 0 Å². The van der Waals surface area contributed by atoms with Gasteiger partial charge < -0.3 is 5.32 Å². The molecule has 2 aromatic carbocycles. The Bertz CT molecular complexity index is 719. The first-order valence-electron chi connectivity index (χ1n) is 6.32. The summed E-state index contributed by atoms with van der Waals surface area (Å²) in [7, 11) is 0. The van der Waals surface area contributed by atoms with E-state index in [4.69, 9.17) is 0 Å². The Labute approximate surface area is 110 Å². The Kier molecular flexibility index (Phi) is 3.06. The van der Waals surface area contributed by atoms with Crippen molar-refractivity contribution in [1.29, 1.82) is 0 Å². The zero-order chi connectivity index (χ0) is 13.1. The first-order valence-corrected chi connectivity index (χ1v) is 6.32. The Morgan fingerprint density at radius 1 is 0.895 bits per heavy atom. The molecule has 0 unspecified atom stereocenters. The predicted octanol–water partition coefficient (Wildman–Crippen LogP) is 2.51. The van der Waals surface area contributed by atoms with Crippen molar-refractivity contribution in [2.75, 3.05) is 11.9 Å². The van der Waals surface area contributed by atoms with Gasteiger partial charge in [0, 0.05) is 12.2 Å². The van der Waals surface area contributed by atoms with Crippen LogP contribution in [-0.4, -0.2) is 16.7 Å². The van der Waals surface area contributed by atoms with Gasteiger partial charge in [0.25, 0.3) is 5.56 Å². The van der Waals surface area contributed by atoms with Gasteiger partial charge in [-0.15, -0.1) is 0 Å². The summed E-state index contributed by atoms with van der Waals surface area (Å²) in [6.45, 7) is 1.11. The van der Waals surface area contributed by atoms with E-state index in [1.54, 1.807) is 6.07 Å². The third-order valence-corrected chi connectivity index (χ3v) is 3.21. The lowest BCUT2D eigenvalue weighted by Crippen LogP contribution is -1.96. The molecule has 1 aliphatic rings. The zero-order valence-electron chi connectivity index (χ0n) is 10.4. The standard InChI is InChI=1S/C8H9N.C7H6N2O/c1-2-4-8-7(3-1)5-6-9-8;10-7-5-3-1-2-4-6(5)8-9-7/h1-4,9H,5-6H2;1-4H,(H2,8,9,10). The van der Waals surface area contributed by atoms with E-state index in [0.29, 0.717) is 5.39 Å². The maximum atomic E-state index is 10.9. The molecule has 4 heteroatoms. The number of H-pyrrole nitrogens is 2. The maximum absolute atomic E-state index is 10.9. The van der Waals surface area contributed by atoms with E-state index in [-0.39, 0.29) is 5.56 Å². The van der Waals surface area contributed by atoms with E-state index in [0.717, 1.165) is 12.1 Å². The first-order chi connectivity index (χ1) is 9.34. The van der Waals surface area contributed by atoms with Crippen LogP contribution in [0, 0.1) is 0 Å². The lowest BCUT2D eigenvalue weighted by molar-refractivity contribution is 1.08. The summed E-state index contributed by atoms with van der Waals surface area (Å²) in [5.74, 6) is 0. The second-order valence-corrected chi connectivity index (χ2v) is 4.46. The fraction of sp³-hybridized carbons (Fsp3) is 0.133. The van der Waals surface area contributed by atoms with Crippen LogP contribution in [0.1, 0.15) is 5.56 Å². The molecule has 0 saturated heterocycles. The summed E-state index contributed by atoms with van der Waals surface area (Å²) in [6.07, 6.45) is 1.19. The van der Waals surface area contributed by atoms with Gasteiger partial charge in [0.2, 0.25) is 0 Å². The van der Waals surface area contributed by atoms with Gasteiger partial charge in [-0.3, -0.25) is 15.0 Å². The molecule has 96 valence electrons. The summed E-state index contributed by atoms with van der Waals surface area (Å²) in [5.41, 5.74) is 3.57. The van der Waals surface area contributed by atoms with Crippen molar-refractivity contribution < 1.29 is 0 Å². The molecule has 0 saturated carbocycles. The van der Waals surface area contributed by atoms with Crippen molar-refractivity contribution in [3.63, 3.8) is 0 Å². The molecule has 3 N–H and O–H groups in total.